The fourth-order valence-corrected chi connectivity index (χ4v) is 4.58. The van der Waals surface area contributed by atoms with E-state index in [1.807, 2.05) is 6.07 Å². The molecule has 170 valence electrons. The fourth-order valence-electron chi connectivity index (χ4n) is 4.35. The number of carbonyl (C=O) groups is 3. The van der Waals surface area contributed by atoms with Gasteiger partial charge in [-0.3, -0.25) is 9.59 Å². The largest absolute Gasteiger partial charge is 0.423 e. The van der Waals surface area contributed by atoms with E-state index in [4.69, 9.17) is 16.0 Å². The van der Waals surface area contributed by atoms with Gasteiger partial charge in [-0.15, -0.1) is 0 Å². The maximum absolute atomic E-state index is 13.2. The molecule has 0 radical (unpaired) electrons. The third kappa shape index (κ3) is 4.54. The van der Waals surface area contributed by atoms with Crippen LogP contribution in [0.5, 0.6) is 0 Å². The van der Waals surface area contributed by atoms with Gasteiger partial charge in [-0.1, -0.05) is 41.9 Å². The van der Waals surface area contributed by atoms with Crippen molar-refractivity contribution in [1.29, 1.82) is 0 Å². The molecule has 1 aliphatic heterocycles. The predicted molar refractivity (Wildman–Crippen MR) is 125 cm³/mol. The summed E-state index contributed by atoms with van der Waals surface area (Å²) in [5, 5.41) is 3.75. The van der Waals surface area contributed by atoms with E-state index in [1.54, 1.807) is 48.3 Å². The monoisotopic (exact) mass is 466 g/mol. The van der Waals surface area contributed by atoms with E-state index in [0.717, 1.165) is 0 Å². The molecule has 2 atom stereocenters. The molecule has 2 heterocycles. The summed E-state index contributed by atoms with van der Waals surface area (Å²) in [6, 6.07) is 13.5. The van der Waals surface area contributed by atoms with Gasteiger partial charge in [0.15, 0.2) is 0 Å². The minimum atomic E-state index is -1.06. The third-order valence-electron chi connectivity index (χ3n) is 6.04. The summed E-state index contributed by atoms with van der Waals surface area (Å²) in [5.41, 5.74) is 1.41. The molecule has 0 saturated carbocycles. The summed E-state index contributed by atoms with van der Waals surface area (Å²) in [7, 11) is 1.57. The molecule has 1 saturated heterocycles. The molecule has 0 bridgehead atoms. The Kier molecular flexibility index (Phi) is 6.60. The number of hydrogen-bond acceptors (Lipinski definition) is 5. The van der Waals surface area contributed by atoms with Gasteiger partial charge in [-0.25, -0.2) is 4.79 Å². The number of piperidine rings is 1. The first kappa shape index (κ1) is 22.7. The summed E-state index contributed by atoms with van der Waals surface area (Å²) in [6.45, 7) is 0.748. The molecule has 0 aliphatic carbocycles. The number of halogens is 1. The minimum absolute atomic E-state index is 0.116. The Balaban J connectivity index is 1.69. The standard InChI is InChI=1S/C25H23ClN2O5/c1-27-24(31)16-5-4-10-28(13-16)25(32)20(14-29)15-8-9-18-19(12-23(30)33-22(18)11-15)17-6-2-3-7-21(17)26/h2-3,6-9,11-12,14,16,20H,4-5,10,13H2,1H3,(H,27,31). The lowest BCUT2D eigenvalue weighted by atomic mass is 9.92. The average Bonchev–Trinajstić information content (AvgIpc) is 2.83. The Labute approximate surface area is 195 Å². The van der Waals surface area contributed by atoms with Crippen LogP contribution >= 0.6 is 11.6 Å². The summed E-state index contributed by atoms with van der Waals surface area (Å²) in [6.07, 6.45) is 1.97. The molecule has 3 aromatic rings. The lowest BCUT2D eigenvalue weighted by Gasteiger charge is -2.33. The average molecular weight is 467 g/mol. The van der Waals surface area contributed by atoms with Gasteiger partial charge in [0, 0.05) is 47.7 Å². The highest BCUT2D eigenvalue weighted by atomic mass is 35.5. The van der Waals surface area contributed by atoms with E-state index >= 15 is 0 Å². The van der Waals surface area contributed by atoms with E-state index in [9.17, 15) is 19.2 Å². The first-order valence-electron chi connectivity index (χ1n) is 10.7. The van der Waals surface area contributed by atoms with Crippen molar-refractivity contribution in [2.75, 3.05) is 20.1 Å². The summed E-state index contributed by atoms with van der Waals surface area (Å²) < 4.78 is 5.39. The van der Waals surface area contributed by atoms with Crippen LogP contribution in [0.15, 0.2) is 57.7 Å². The summed E-state index contributed by atoms with van der Waals surface area (Å²) in [4.78, 5) is 51.0. The zero-order valence-electron chi connectivity index (χ0n) is 18.0. The molecule has 1 fully saturated rings. The molecule has 1 aliphatic rings. The Hall–Kier alpha value is -3.45. The zero-order valence-corrected chi connectivity index (χ0v) is 18.8. The maximum Gasteiger partial charge on any atom is 0.336 e. The van der Waals surface area contributed by atoms with Crippen molar-refractivity contribution in [2.24, 2.45) is 5.92 Å². The smallest absolute Gasteiger partial charge is 0.336 e. The van der Waals surface area contributed by atoms with Crippen LogP contribution in [0.25, 0.3) is 22.1 Å². The summed E-state index contributed by atoms with van der Waals surface area (Å²) in [5.74, 6) is -1.85. The van der Waals surface area contributed by atoms with Crippen molar-refractivity contribution >= 4 is 40.7 Å². The molecule has 8 heteroatoms. The van der Waals surface area contributed by atoms with Crippen molar-refractivity contribution in [3.8, 4) is 11.1 Å². The van der Waals surface area contributed by atoms with Gasteiger partial charge in [0.05, 0.1) is 5.92 Å². The Morgan fingerprint density at radius 3 is 2.70 bits per heavy atom. The van der Waals surface area contributed by atoms with E-state index in [1.165, 1.54) is 6.07 Å². The van der Waals surface area contributed by atoms with Crippen LogP contribution < -0.4 is 10.9 Å². The molecule has 2 aromatic carbocycles. The third-order valence-corrected chi connectivity index (χ3v) is 6.37. The number of nitrogens with zero attached hydrogens (tertiary/aromatic N) is 1. The predicted octanol–water partition coefficient (Wildman–Crippen LogP) is 3.38. The van der Waals surface area contributed by atoms with Crippen LogP contribution in [0.4, 0.5) is 0 Å². The molecule has 33 heavy (non-hydrogen) atoms. The Morgan fingerprint density at radius 1 is 1.18 bits per heavy atom. The highest BCUT2D eigenvalue weighted by molar-refractivity contribution is 6.33. The van der Waals surface area contributed by atoms with Crippen molar-refractivity contribution in [3.05, 3.63) is 69.5 Å². The fraction of sp³-hybridized carbons (Fsp3) is 0.280. The number of amides is 2. The van der Waals surface area contributed by atoms with Crippen LogP contribution in [-0.4, -0.2) is 43.1 Å². The van der Waals surface area contributed by atoms with E-state index < -0.39 is 11.5 Å². The van der Waals surface area contributed by atoms with Crippen molar-refractivity contribution < 1.29 is 18.8 Å². The van der Waals surface area contributed by atoms with Gasteiger partial charge in [-0.05, 0) is 30.5 Å². The van der Waals surface area contributed by atoms with E-state index in [0.29, 0.717) is 52.8 Å². The number of aldehydes is 1. The maximum atomic E-state index is 13.2. The van der Waals surface area contributed by atoms with Crippen LogP contribution in [0.1, 0.15) is 24.3 Å². The Morgan fingerprint density at radius 2 is 1.97 bits per heavy atom. The molecular weight excluding hydrogens is 444 g/mol. The lowest BCUT2D eigenvalue weighted by molar-refractivity contribution is -0.138. The molecule has 1 aromatic heterocycles. The van der Waals surface area contributed by atoms with Crippen LogP contribution in [-0.2, 0) is 14.4 Å². The molecule has 2 unspecified atom stereocenters. The van der Waals surface area contributed by atoms with Crippen molar-refractivity contribution in [2.45, 2.75) is 18.8 Å². The number of likely N-dealkylation sites (tertiary alicyclic amines) is 1. The first-order chi connectivity index (χ1) is 15.9. The lowest BCUT2D eigenvalue weighted by Crippen LogP contribution is -2.46. The SMILES string of the molecule is CNC(=O)C1CCCN(C(=O)C(C=O)c2ccc3c(-c4ccccc4Cl)cc(=O)oc3c2)C1. The molecule has 1 N–H and O–H groups in total. The minimum Gasteiger partial charge on any atom is -0.423 e. The second kappa shape index (κ2) is 9.58. The number of carbonyl (C=O) groups excluding carboxylic acids is 3. The quantitative estimate of drug-likeness (QED) is 0.353. The normalized spacial score (nSPS) is 16.9. The van der Waals surface area contributed by atoms with Crippen LogP contribution in [0, 0.1) is 5.92 Å². The second-order valence-electron chi connectivity index (χ2n) is 8.07. The molecule has 2 amide bonds. The number of rotatable bonds is 5. The van der Waals surface area contributed by atoms with Gasteiger partial charge in [0.1, 0.15) is 17.8 Å². The van der Waals surface area contributed by atoms with Crippen LogP contribution in [0.2, 0.25) is 5.02 Å². The van der Waals surface area contributed by atoms with Gasteiger partial charge in [0.2, 0.25) is 11.8 Å². The van der Waals surface area contributed by atoms with Gasteiger partial charge < -0.3 is 19.4 Å². The van der Waals surface area contributed by atoms with E-state index in [-0.39, 0.29) is 29.9 Å². The topological polar surface area (TPSA) is 96.7 Å². The zero-order chi connectivity index (χ0) is 23.5. The second-order valence-corrected chi connectivity index (χ2v) is 8.47. The van der Waals surface area contributed by atoms with Crippen LogP contribution in [0.3, 0.4) is 0 Å². The molecule has 0 spiro atoms. The number of fused-ring (bicyclic) bond motifs is 1. The highest BCUT2D eigenvalue weighted by Crippen LogP contribution is 2.34. The van der Waals surface area contributed by atoms with Gasteiger partial charge in [-0.2, -0.15) is 0 Å². The first-order valence-corrected chi connectivity index (χ1v) is 11.1. The number of benzene rings is 2. The number of nitrogens with one attached hydrogen (secondary N) is 1. The highest BCUT2D eigenvalue weighted by Gasteiger charge is 2.32. The Bertz CT molecular complexity index is 1290. The van der Waals surface area contributed by atoms with Crippen molar-refractivity contribution in [3.63, 3.8) is 0 Å². The van der Waals surface area contributed by atoms with Gasteiger partial charge >= 0.3 is 5.63 Å². The summed E-state index contributed by atoms with van der Waals surface area (Å²) >= 11 is 6.33. The van der Waals surface area contributed by atoms with E-state index in [2.05, 4.69) is 5.32 Å². The van der Waals surface area contributed by atoms with Gasteiger partial charge in [0.25, 0.3) is 0 Å². The molecule has 7 nitrogen and oxygen atoms in total. The van der Waals surface area contributed by atoms with Crippen molar-refractivity contribution in [1.82, 2.24) is 10.2 Å². The molecular formula is C25H23ClN2O5. The molecule has 4 rings (SSSR count). The number of hydrogen-bond donors (Lipinski definition) is 1.